The van der Waals surface area contributed by atoms with Crippen molar-refractivity contribution in [1.82, 2.24) is 15.5 Å². The number of nitrogens with zero attached hydrogens (tertiary/aromatic N) is 1. The van der Waals surface area contributed by atoms with Gasteiger partial charge in [0.25, 0.3) is 11.8 Å². The Hall–Kier alpha value is -1.88. The van der Waals surface area contributed by atoms with Gasteiger partial charge in [0.05, 0.1) is 0 Å². The molecule has 1 aliphatic heterocycles. The van der Waals surface area contributed by atoms with Gasteiger partial charge in [-0.3, -0.25) is 9.59 Å². The van der Waals surface area contributed by atoms with E-state index in [1.54, 1.807) is 24.3 Å². The van der Waals surface area contributed by atoms with Gasteiger partial charge in [-0.15, -0.1) is 0 Å². The summed E-state index contributed by atoms with van der Waals surface area (Å²) in [6.45, 7) is 4.18. The molecule has 2 N–H and O–H groups in total. The molecule has 0 saturated carbocycles. The number of carbonyl (C=O) groups is 2. The normalized spacial score (nSPS) is 15.6. The molecular formula is C17H25N3O2. The number of piperidine rings is 1. The van der Waals surface area contributed by atoms with E-state index in [1.165, 1.54) is 0 Å². The van der Waals surface area contributed by atoms with Crippen LogP contribution < -0.4 is 10.6 Å². The highest BCUT2D eigenvalue weighted by Gasteiger charge is 2.23. The minimum atomic E-state index is -0.120. The summed E-state index contributed by atoms with van der Waals surface area (Å²) in [5.41, 5.74) is 1.14. The minimum Gasteiger partial charge on any atom is -0.352 e. The highest BCUT2D eigenvalue weighted by Crippen LogP contribution is 2.15. The average molecular weight is 303 g/mol. The number of nitrogens with one attached hydrogen (secondary N) is 2. The van der Waals surface area contributed by atoms with Crippen LogP contribution >= 0.6 is 0 Å². The first kappa shape index (κ1) is 16.5. The van der Waals surface area contributed by atoms with E-state index in [9.17, 15) is 9.59 Å². The SMILES string of the molecule is CCCNC(=O)c1cccc(C(=O)N2CCC(NC)CC2)c1. The Labute approximate surface area is 132 Å². The number of carbonyl (C=O) groups excluding carboxylic acids is 2. The number of amides is 2. The van der Waals surface area contributed by atoms with Gasteiger partial charge in [0, 0.05) is 36.8 Å². The number of hydrogen-bond acceptors (Lipinski definition) is 3. The zero-order valence-corrected chi connectivity index (χ0v) is 13.4. The van der Waals surface area contributed by atoms with E-state index in [4.69, 9.17) is 0 Å². The van der Waals surface area contributed by atoms with Crippen molar-refractivity contribution in [3.05, 3.63) is 35.4 Å². The third-order valence-corrected chi connectivity index (χ3v) is 4.10. The molecule has 0 atom stereocenters. The molecule has 1 aromatic carbocycles. The summed E-state index contributed by atoms with van der Waals surface area (Å²) < 4.78 is 0. The van der Waals surface area contributed by atoms with Crippen molar-refractivity contribution in [3.8, 4) is 0 Å². The summed E-state index contributed by atoms with van der Waals surface area (Å²) >= 11 is 0. The number of rotatable bonds is 5. The van der Waals surface area contributed by atoms with Gasteiger partial charge in [0.1, 0.15) is 0 Å². The molecule has 1 fully saturated rings. The Bertz CT molecular complexity index is 522. The third-order valence-electron chi connectivity index (χ3n) is 4.10. The van der Waals surface area contributed by atoms with Crippen molar-refractivity contribution >= 4 is 11.8 Å². The zero-order valence-electron chi connectivity index (χ0n) is 13.4. The van der Waals surface area contributed by atoms with Gasteiger partial charge < -0.3 is 15.5 Å². The molecule has 1 saturated heterocycles. The molecule has 0 aliphatic carbocycles. The van der Waals surface area contributed by atoms with Gasteiger partial charge in [-0.1, -0.05) is 13.0 Å². The molecule has 1 aromatic rings. The Morgan fingerprint density at radius 1 is 1.23 bits per heavy atom. The van der Waals surface area contributed by atoms with E-state index in [2.05, 4.69) is 10.6 Å². The molecule has 2 rings (SSSR count). The molecule has 120 valence electrons. The second-order valence-electron chi connectivity index (χ2n) is 5.69. The Morgan fingerprint density at radius 2 is 1.91 bits per heavy atom. The Balaban J connectivity index is 2.03. The van der Waals surface area contributed by atoms with Gasteiger partial charge >= 0.3 is 0 Å². The van der Waals surface area contributed by atoms with Gasteiger partial charge in [-0.2, -0.15) is 0 Å². The van der Waals surface area contributed by atoms with Crippen LogP contribution in [-0.4, -0.2) is 49.4 Å². The largest absolute Gasteiger partial charge is 0.352 e. The summed E-state index contributed by atoms with van der Waals surface area (Å²) in [6, 6.07) is 7.49. The summed E-state index contributed by atoms with van der Waals surface area (Å²) in [6.07, 6.45) is 2.84. The van der Waals surface area contributed by atoms with Crippen molar-refractivity contribution in [2.24, 2.45) is 0 Å². The van der Waals surface area contributed by atoms with Crippen LogP contribution in [-0.2, 0) is 0 Å². The number of hydrogen-bond donors (Lipinski definition) is 2. The molecule has 0 aromatic heterocycles. The molecule has 0 radical (unpaired) electrons. The Kier molecular flexibility index (Phi) is 5.95. The number of likely N-dealkylation sites (tertiary alicyclic amines) is 1. The van der Waals surface area contributed by atoms with E-state index in [1.807, 2.05) is 18.9 Å². The first-order valence-corrected chi connectivity index (χ1v) is 8.00. The topological polar surface area (TPSA) is 61.4 Å². The molecule has 2 amide bonds. The fourth-order valence-electron chi connectivity index (χ4n) is 2.69. The van der Waals surface area contributed by atoms with Crippen molar-refractivity contribution in [1.29, 1.82) is 0 Å². The van der Waals surface area contributed by atoms with Crippen LogP contribution in [0.25, 0.3) is 0 Å². The lowest BCUT2D eigenvalue weighted by Gasteiger charge is -2.31. The first-order chi connectivity index (χ1) is 10.7. The maximum absolute atomic E-state index is 12.6. The lowest BCUT2D eigenvalue weighted by Crippen LogP contribution is -2.44. The maximum Gasteiger partial charge on any atom is 0.253 e. The van der Waals surface area contributed by atoms with Crippen molar-refractivity contribution < 1.29 is 9.59 Å². The maximum atomic E-state index is 12.6. The monoisotopic (exact) mass is 303 g/mol. The molecule has 0 unspecified atom stereocenters. The van der Waals surface area contributed by atoms with Crippen molar-refractivity contribution in [2.45, 2.75) is 32.2 Å². The quantitative estimate of drug-likeness (QED) is 0.869. The molecule has 5 nitrogen and oxygen atoms in total. The molecule has 1 heterocycles. The van der Waals surface area contributed by atoms with E-state index in [0.29, 0.717) is 23.7 Å². The van der Waals surface area contributed by atoms with E-state index < -0.39 is 0 Å². The Morgan fingerprint density at radius 3 is 2.55 bits per heavy atom. The van der Waals surface area contributed by atoms with Gasteiger partial charge in [-0.05, 0) is 44.5 Å². The predicted molar refractivity (Wildman–Crippen MR) is 87.1 cm³/mol. The summed E-state index contributed by atoms with van der Waals surface area (Å²) in [4.78, 5) is 26.4. The van der Waals surface area contributed by atoms with Gasteiger partial charge in [0.15, 0.2) is 0 Å². The molecular weight excluding hydrogens is 278 g/mol. The lowest BCUT2D eigenvalue weighted by molar-refractivity contribution is 0.0707. The van der Waals surface area contributed by atoms with Gasteiger partial charge in [-0.25, -0.2) is 0 Å². The van der Waals surface area contributed by atoms with Crippen LogP contribution in [0.15, 0.2) is 24.3 Å². The molecule has 1 aliphatic rings. The van der Waals surface area contributed by atoms with Crippen LogP contribution in [0.2, 0.25) is 0 Å². The predicted octanol–water partition coefficient (Wildman–Crippen LogP) is 1.65. The van der Waals surface area contributed by atoms with Crippen LogP contribution in [0.3, 0.4) is 0 Å². The second kappa shape index (κ2) is 7.94. The van der Waals surface area contributed by atoms with E-state index in [-0.39, 0.29) is 11.8 Å². The van der Waals surface area contributed by atoms with E-state index in [0.717, 1.165) is 32.4 Å². The fraction of sp³-hybridized carbons (Fsp3) is 0.529. The average Bonchev–Trinajstić information content (AvgIpc) is 2.59. The second-order valence-corrected chi connectivity index (χ2v) is 5.69. The third kappa shape index (κ3) is 4.07. The highest BCUT2D eigenvalue weighted by atomic mass is 16.2. The summed E-state index contributed by atoms with van der Waals surface area (Å²) in [5, 5.41) is 6.09. The first-order valence-electron chi connectivity index (χ1n) is 8.00. The van der Waals surface area contributed by atoms with Crippen LogP contribution in [0.1, 0.15) is 46.9 Å². The van der Waals surface area contributed by atoms with Crippen LogP contribution in [0, 0.1) is 0 Å². The summed E-state index contributed by atoms with van der Waals surface area (Å²) in [7, 11) is 1.96. The minimum absolute atomic E-state index is 0.0136. The smallest absolute Gasteiger partial charge is 0.253 e. The summed E-state index contributed by atoms with van der Waals surface area (Å²) in [5.74, 6) is -0.106. The molecule has 5 heteroatoms. The van der Waals surface area contributed by atoms with Gasteiger partial charge in [0.2, 0.25) is 0 Å². The van der Waals surface area contributed by atoms with Crippen molar-refractivity contribution in [3.63, 3.8) is 0 Å². The molecule has 0 spiro atoms. The van der Waals surface area contributed by atoms with E-state index >= 15 is 0 Å². The van der Waals surface area contributed by atoms with Crippen LogP contribution in [0.4, 0.5) is 0 Å². The number of benzene rings is 1. The highest BCUT2D eigenvalue weighted by molar-refractivity contribution is 5.99. The molecule has 0 bridgehead atoms. The van der Waals surface area contributed by atoms with Crippen molar-refractivity contribution in [2.75, 3.05) is 26.7 Å². The lowest BCUT2D eigenvalue weighted by atomic mass is 10.0. The fourth-order valence-corrected chi connectivity index (χ4v) is 2.69. The standard InChI is InChI=1S/C17H25N3O2/c1-3-9-19-16(21)13-5-4-6-14(12-13)17(22)20-10-7-15(18-2)8-11-20/h4-6,12,15,18H,3,7-11H2,1-2H3,(H,19,21). The zero-order chi connectivity index (χ0) is 15.9. The molecule has 22 heavy (non-hydrogen) atoms. The van der Waals surface area contributed by atoms with Crippen LogP contribution in [0.5, 0.6) is 0 Å².